The first-order chi connectivity index (χ1) is 7.39. The second kappa shape index (κ2) is 5.29. The Balaban J connectivity index is 2.64. The van der Waals surface area contributed by atoms with Crippen molar-refractivity contribution in [2.75, 3.05) is 23.9 Å². The Morgan fingerprint density at radius 2 is 2.19 bits per heavy atom. The van der Waals surface area contributed by atoms with Gasteiger partial charge in [0, 0.05) is 35.5 Å². The number of alkyl halides is 3. The maximum absolute atomic E-state index is 12.3. The molecule has 0 amide bonds. The summed E-state index contributed by atoms with van der Waals surface area (Å²) in [4.78, 5) is 3.74. The fourth-order valence-corrected chi connectivity index (χ4v) is 1.42. The third-order valence-corrected chi connectivity index (χ3v) is 2.56. The highest BCUT2D eigenvalue weighted by atomic mass is 32.2. The van der Waals surface area contributed by atoms with Gasteiger partial charge in [-0.2, -0.15) is 13.2 Å². The van der Waals surface area contributed by atoms with Crippen molar-refractivity contribution >= 4 is 16.6 Å². The summed E-state index contributed by atoms with van der Waals surface area (Å²) in [5, 5.41) is 2.68. The monoisotopic (exact) mass is 252 g/mol. The number of halogens is 3. The quantitative estimate of drug-likeness (QED) is 0.889. The average molecular weight is 252 g/mol. The molecule has 0 aliphatic heterocycles. The Morgan fingerprint density at radius 1 is 1.50 bits per heavy atom. The van der Waals surface area contributed by atoms with Crippen LogP contribution in [0.25, 0.3) is 0 Å². The Hall–Kier alpha value is -1.11. The molecule has 1 aromatic rings. The van der Waals surface area contributed by atoms with Crippen LogP contribution in [0.15, 0.2) is 18.3 Å². The van der Waals surface area contributed by atoms with Gasteiger partial charge in [0.25, 0.3) is 0 Å². The van der Waals surface area contributed by atoms with Gasteiger partial charge < -0.3 is 5.32 Å². The molecule has 0 spiro atoms. The van der Waals surface area contributed by atoms with Gasteiger partial charge in [0.1, 0.15) is 5.82 Å². The molecule has 0 bridgehead atoms. The third kappa shape index (κ3) is 4.18. The molecule has 0 saturated carbocycles. The molecule has 1 unspecified atom stereocenters. The molecule has 0 radical (unpaired) electrons. The lowest BCUT2D eigenvalue weighted by atomic mass is 10.2. The first kappa shape index (κ1) is 13.0. The van der Waals surface area contributed by atoms with Crippen LogP contribution >= 0.6 is 0 Å². The first-order valence-electron chi connectivity index (χ1n) is 4.47. The second-order valence-corrected chi connectivity index (χ2v) is 4.69. The van der Waals surface area contributed by atoms with Gasteiger partial charge in [0.15, 0.2) is 0 Å². The van der Waals surface area contributed by atoms with Crippen molar-refractivity contribution in [2.45, 2.75) is 6.18 Å². The molecule has 7 heteroatoms. The average Bonchev–Trinajstić information content (AvgIpc) is 2.16. The number of anilines is 1. The van der Waals surface area contributed by atoms with E-state index in [9.17, 15) is 17.4 Å². The molecular formula is C9H11F3N2OS. The van der Waals surface area contributed by atoms with Gasteiger partial charge in [-0.1, -0.05) is 0 Å². The smallest absolute Gasteiger partial charge is 0.369 e. The van der Waals surface area contributed by atoms with E-state index in [4.69, 9.17) is 0 Å². The van der Waals surface area contributed by atoms with E-state index in [1.165, 1.54) is 6.26 Å². The molecule has 3 nitrogen and oxygen atoms in total. The zero-order chi connectivity index (χ0) is 12.2. The van der Waals surface area contributed by atoms with E-state index >= 15 is 0 Å². The van der Waals surface area contributed by atoms with Crippen molar-refractivity contribution in [3.05, 3.63) is 23.9 Å². The normalized spacial score (nSPS) is 13.5. The van der Waals surface area contributed by atoms with Crippen LogP contribution in [0, 0.1) is 0 Å². The number of rotatable bonds is 4. The molecule has 1 aromatic heterocycles. The summed E-state index contributed by atoms with van der Waals surface area (Å²) >= 11 is 0. The number of nitrogens with one attached hydrogen (secondary N) is 1. The Labute approximate surface area is 93.5 Å². The zero-order valence-electron chi connectivity index (χ0n) is 8.54. The summed E-state index contributed by atoms with van der Waals surface area (Å²) in [6.07, 6.45) is -1.75. The predicted octanol–water partition coefficient (Wildman–Crippen LogP) is 1.89. The topological polar surface area (TPSA) is 42.0 Å². The van der Waals surface area contributed by atoms with Crippen molar-refractivity contribution in [1.82, 2.24) is 4.98 Å². The van der Waals surface area contributed by atoms with Gasteiger partial charge in [0.2, 0.25) is 0 Å². The van der Waals surface area contributed by atoms with Crippen LogP contribution in [0.2, 0.25) is 0 Å². The highest BCUT2D eigenvalue weighted by Gasteiger charge is 2.30. The van der Waals surface area contributed by atoms with Gasteiger partial charge in [-0.15, -0.1) is 0 Å². The van der Waals surface area contributed by atoms with Crippen molar-refractivity contribution in [2.24, 2.45) is 0 Å². The van der Waals surface area contributed by atoms with Gasteiger partial charge in [-0.25, -0.2) is 4.98 Å². The van der Waals surface area contributed by atoms with Crippen LogP contribution in [0.4, 0.5) is 19.0 Å². The van der Waals surface area contributed by atoms with Gasteiger partial charge in [-0.3, -0.25) is 4.21 Å². The summed E-state index contributed by atoms with van der Waals surface area (Å²) in [5.41, 5.74) is -0.748. The molecule has 1 N–H and O–H groups in total. The summed E-state index contributed by atoms with van der Waals surface area (Å²) in [6.45, 7) is 0.331. The van der Waals surface area contributed by atoms with Crippen molar-refractivity contribution < 1.29 is 17.4 Å². The van der Waals surface area contributed by atoms with Gasteiger partial charge in [0.05, 0.1) is 5.56 Å². The summed E-state index contributed by atoms with van der Waals surface area (Å²) in [5.74, 6) is 0.512. The molecule has 0 saturated heterocycles. The molecular weight excluding hydrogens is 241 g/mol. The Bertz CT molecular complexity index is 381. The molecule has 0 aromatic carbocycles. The molecule has 90 valence electrons. The number of pyridine rings is 1. The van der Waals surface area contributed by atoms with E-state index in [1.807, 2.05) is 0 Å². The van der Waals surface area contributed by atoms with Crippen molar-refractivity contribution in [3.63, 3.8) is 0 Å². The minimum absolute atomic E-state index is 0.139. The molecule has 1 rings (SSSR count). The fraction of sp³-hybridized carbons (Fsp3) is 0.444. The van der Waals surface area contributed by atoms with E-state index < -0.39 is 22.5 Å². The fourth-order valence-electron chi connectivity index (χ4n) is 1.03. The molecule has 0 aliphatic rings. The predicted molar refractivity (Wildman–Crippen MR) is 56.7 cm³/mol. The maximum atomic E-state index is 12.3. The lowest BCUT2D eigenvalue weighted by Gasteiger charge is -2.09. The Morgan fingerprint density at radius 3 is 2.75 bits per heavy atom. The number of hydrogen-bond donors (Lipinski definition) is 1. The highest BCUT2D eigenvalue weighted by molar-refractivity contribution is 7.84. The largest absolute Gasteiger partial charge is 0.416 e. The lowest BCUT2D eigenvalue weighted by Crippen LogP contribution is -2.12. The summed E-state index contributed by atoms with van der Waals surface area (Å²) in [7, 11) is -0.974. The first-order valence-corrected chi connectivity index (χ1v) is 6.19. The van der Waals surface area contributed by atoms with E-state index in [2.05, 4.69) is 10.3 Å². The summed E-state index contributed by atoms with van der Waals surface area (Å²) in [6, 6.07) is 1.84. The van der Waals surface area contributed by atoms with Crippen LogP contribution in [0.3, 0.4) is 0 Å². The van der Waals surface area contributed by atoms with E-state index in [0.29, 0.717) is 12.3 Å². The second-order valence-electron chi connectivity index (χ2n) is 3.13. The minimum atomic E-state index is -4.37. The summed E-state index contributed by atoms with van der Waals surface area (Å²) < 4.78 is 47.7. The van der Waals surface area contributed by atoms with E-state index in [0.717, 1.165) is 18.3 Å². The minimum Gasteiger partial charge on any atom is -0.369 e. The number of hydrogen-bond acceptors (Lipinski definition) is 3. The van der Waals surface area contributed by atoms with Gasteiger partial charge >= 0.3 is 6.18 Å². The third-order valence-electron chi connectivity index (χ3n) is 1.78. The Kier molecular flexibility index (Phi) is 4.28. The lowest BCUT2D eigenvalue weighted by molar-refractivity contribution is -0.137. The number of aromatic nitrogens is 1. The van der Waals surface area contributed by atoms with Crippen molar-refractivity contribution in [3.8, 4) is 0 Å². The zero-order valence-corrected chi connectivity index (χ0v) is 9.36. The molecule has 1 heterocycles. The molecule has 0 aliphatic carbocycles. The van der Waals surface area contributed by atoms with E-state index in [1.54, 1.807) is 0 Å². The van der Waals surface area contributed by atoms with Crippen LogP contribution < -0.4 is 5.32 Å². The molecule has 0 fully saturated rings. The van der Waals surface area contributed by atoms with Crippen molar-refractivity contribution in [1.29, 1.82) is 0 Å². The number of nitrogens with zero attached hydrogens (tertiary/aromatic N) is 1. The molecule has 1 atom stereocenters. The van der Waals surface area contributed by atoms with Crippen LogP contribution in [-0.4, -0.2) is 27.7 Å². The van der Waals surface area contributed by atoms with Gasteiger partial charge in [-0.05, 0) is 12.1 Å². The van der Waals surface area contributed by atoms with Crippen LogP contribution in [0.1, 0.15) is 5.56 Å². The SMILES string of the molecule is CS(=O)CCNc1cc(C(F)(F)F)ccn1. The maximum Gasteiger partial charge on any atom is 0.416 e. The standard InChI is InChI=1S/C9H11F3N2OS/c1-16(15)5-4-14-8-6-7(2-3-13-8)9(10,11)12/h2-3,6H,4-5H2,1H3,(H,13,14). The molecule has 16 heavy (non-hydrogen) atoms. The van der Waals surface area contributed by atoms with Crippen LogP contribution in [0.5, 0.6) is 0 Å². The van der Waals surface area contributed by atoms with Crippen LogP contribution in [-0.2, 0) is 17.0 Å². The highest BCUT2D eigenvalue weighted by Crippen LogP contribution is 2.29. The van der Waals surface area contributed by atoms with E-state index in [-0.39, 0.29) is 5.82 Å².